The second kappa shape index (κ2) is 6.47. The molecular formula is C15H20N2O4. The Morgan fingerprint density at radius 2 is 2.24 bits per heavy atom. The minimum absolute atomic E-state index is 0.170. The lowest BCUT2D eigenvalue weighted by molar-refractivity contribution is -0.141. The van der Waals surface area contributed by atoms with Crippen LogP contribution in [0.2, 0.25) is 0 Å². The van der Waals surface area contributed by atoms with E-state index in [0.717, 1.165) is 11.3 Å². The molecular weight excluding hydrogens is 272 g/mol. The highest BCUT2D eigenvalue weighted by Gasteiger charge is 2.31. The summed E-state index contributed by atoms with van der Waals surface area (Å²) in [5.41, 5.74) is 0.941. The second-order valence-electron chi connectivity index (χ2n) is 5.22. The van der Waals surface area contributed by atoms with Gasteiger partial charge in [-0.2, -0.15) is 0 Å². The summed E-state index contributed by atoms with van der Waals surface area (Å²) in [6, 6.07) is 7.10. The predicted molar refractivity (Wildman–Crippen MR) is 77.3 cm³/mol. The average molecular weight is 292 g/mol. The number of urea groups is 1. The predicted octanol–water partition coefficient (Wildman–Crippen LogP) is 1.87. The first kappa shape index (κ1) is 15.2. The van der Waals surface area contributed by atoms with Crippen LogP contribution < -0.4 is 10.1 Å². The van der Waals surface area contributed by atoms with Crippen LogP contribution in [0.4, 0.5) is 4.79 Å². The van der Waals surface area contributed by atoms with E-state index in [1.165, 1.54) is 0 Å². The van der Waals surface area contributed by atoms with Crippen LogP contribution in [-0.4, -0.2) is 42.2 Å². The highest BCUT2D eigenvalue weighted by Crippen LogP contribution is 2.20. The van der Waals surface area contributed by atoms with Gasteiger partial charge in [0.1, 0.15) is 5.75 Å². The number of aliphatic carboxylic acids is 1. The van der Waals surface area contributed by atoms with Gasteiger partial charge in [-0.1, -0.05) is 12.1 Å². The van der Waals surface area contributed by atoms with Crippen LogP contribution in [0.25, 0.3) is 0 Å². The van der Waals surface area contributed by atoms with E-state index in [0.29, 0.717) is 13.0 Å². The number of rotatable bonds is 4. The van der Waals surface area contributed by atoms with E-state index in [-0.39, 0.29) is 18.6 Å². The van der Waals surface area contributed by atoms with Crippen molar-refractivity contribution in [1.82, 2.24) is 10.2 Å². The van der Waals surface area contributed by atoms with Crippen LogP contribution in [-0.2, 0) is 4.79 Å². The van der Waals surface area contributed by atoms with Crippen molar-refractivity contribution < 1.29 is 19.4 Å². The summed E-state index contributed by atoms with van der Waals surface area (Å²) in [4.78, 5) is 24.6. The Morgan fingerprint density at radius 3 is 2.86 bits per heavy atom. The molecule has 0 aliphatic carbocycles. The summed E-state index contributed by atoms with van der Waals surface area (Å²) in [5.74, 6) is -0.560. The van der Waals surface area contributed by atoms with E-state index >= 15 is 0 Å². The van der Waals surface area contributed by atoms with Crippen LogP contribution in [0.1, 0.15) is 24.9 Å². The number of likely N-dealkylation sites (tertiary alicyclic amines) is 1. The maximum absolute atomic E-state index is 12.1. The second-order valence-corrected chi connectivity index (χ2v) is 5.22. The lowest BCUT2D eigenvalue weighted by Crippen LogP contribution is -2.40. The molecule has 21 heavy (non-hydrogen) atoms. The molecule has 2 unspecified atom stereocenters. The van der Waals surface area contributed by atoms with Crippen molar-refractivity contribution in [2.24, 2.45) is 5.92 Å². The molecule has 0 saturated carbocycles. The highest BCUT2D eigenvalue weighted by molar-refractivity contribution is 5.77. The van der Waals surface area contributed by atoms with Crippen molar-refractivity contribution in [1.29, 1.82) is 0 Å². The fraction of sp³-hybridized carbons (Fsp3) is 0.467. The SMILES string of the molecule is COc1cccc(C(C)NC(=O)N2CCC(C(=O)O)C2)c1. The molecule has 6 nitrogen and oxygen atoms in total. The Morgan fingerprint density at radius 1 is 1.48 bits per heavy atom. The van der Waals surface area contributed by atoms with Gasteiger partial charge in [0.05, 0.1) is 19.1 Å². The molecule has 0 radical (unpaired) electrons. The van der Waals surface area contributed by atoms with E-state index in [2.05, 4.69) is 5.32 Å². The Hall–Kier alpha value is -2.24. The van der Waals surface area contributed by atoms with Crippen molar-refractivity contribution in [2.75, 3.05) is 20.2 Å². The van der Waals surface area contributed by atoms with Gasteiger partial charge < -0.3 is 20.1 Å². The highest BCUT2D eigenvalue weighted by atomic mass is 16.5. The maximum Gasteiger partial charge on any atom is 0.317 e. The molecule has 1 heterocycles. The Bertz CT molecular complexity index is 532. The zero-order valence-electron chi connectivity index (χ0n) is 12.2. The van der Waals surface area contributed by atoms with Gasteiger partial charge in [0.15, 0.2) is 0 Å². The van der Waals surface area contributed by atoms with Gasteiger partial charge >= 0.3 is 12.0 Å². The monoisotopic (exact) mass is 292 g/mol. The van der Waals surface area contributed by atoms with Crippen LogP contribution >= 0.6 is 0 Å². The number of carbonyl (C=O) groups excluding carboxylic acids is 1. The number of ether oxygens (including phenoxy) is 1. The van der Waals surface area contributed by atoms with Crippen molar-refractivity contribution in [3.63, 3.8) is 0 Å². The normalized spacial score (nSPS) is 19.1. The largest absolute Gasteiger partial charge is 0.497 e. The third-order valence-electron chi connectivity index (χ3n) is 3.76. The van der Waals surface area contributed by atoms with Gasteiger partial charge in [0, 0.05) is 13.1 Å². The van der Waals surface area contributed by atoms with Crippen LogP contribution in [0.3, 0.4) is 0 Å². The zero-order valence-corrected chi connectivity index (χ0v) is 12.2. The summed E-state index contributed by atoms with van der Waals surface area (Å²) in [7, 11) is 1.60. The molecule has 0 spiro atoms. The molecule has 1 aliphatic heterocycles. The van der Waals surface area contributed by atoms with Crippen LogP contribution in [0, 0.1) is 5.92 Å². The van der Waals surface area contributed by atoms with Gasteiger partial charge in [-0.3, -0.25) is 4.79 Å². The number of hydrogen-bond acceptors (Lipinski definition) is 3. The number of carbonyl (C=O) groups is 2. The molecule has 2 atom stereocenters. The van der Waals surface area contributed by atoms with E-state index in [4.69, 9.17) is 9.84 Å². The minimum atomic E-state index is -0.842. The van der Waals surface area contributed by atoms with Gasteiger partial charge in [-0.05, 0) is 31.0 Å². The molecule has 1 aliphatic rings. The van der Waals surface area contributed by atoms with E-state index < -0.39 is 11.9 Å². The number of hydrogen-bond donors (Lipinski definition) is 2. The molecule has 1 saturated heterocycles. The molecule has 2 rings (SSSR count). The summed E-state index contributed by atoms with van der Waals surface area (Å²) in [5, 5.41) is 11.8. The first-order chi connectivity index (χ1) is 10.0. The fourth-order valence-corrected chi connectivity index (χ4v) is 2.42. The standard InChI is InChI=1S/C15H20N2O4/c1-10(11-4-3-5-13(8-11)21-2)16-15(20)17-7-6-12(9-17)14(18)19/h3-5,8,10,12H,6-7,9H2,1-2H3,(H,16,20)(H,18,19). The Kier molecular flexibility index (Phi) is 4.67. The maximum atomic E-state index is 12.1. The van der Waals surface area contributed by atoms with Gasteiger partial charge in [0.2, 0.25) is 0 Å². The number of methoxy groups -OCH3 is 1. The molecule has 6 heteroatoms. The molecule has 0 bridgehead atoms. The van der Waals surface area contributed by atoms with Crippen LogP contribution in [0.5, 0.6) is 5.75 Å². The number of carboxylic acids is 1. The summed E-state index contributed by atoms with van der Waals surface area (Å²) in [6.07, 6.45) is 0.510. The molecule has 1 fully saturated rings. The zero-order chi connectivity index (χ0) is 15.4. The summed E-state index contributed by atoms with van der Waals surface area (Å²) in [6.45, 7) is 2.64. The van der Waals surface area contributed by atoms with E-state index in [9.17, 15) is 9.59 Å². The lowest BCUT2D eigenvalue weighted by atomic mass is 10.1. The number of nitrogens with zero attached hydrogens (tertiary/aromatic N) is 1. The average Bonchev–Trinajstić information content (AvgIpc) is 2.97. The topological polar surface area (TPSA) is 78.9 Å². The number of carboxylic acid groups (broad SMARTS) is 1. The summed E-state index contributed by atoms with van der Waals surface area (Å²) < 4.78 is 5.16. The van der Waals surface area contributed by atoms with Gasteiger partial charge in [0.25, 0.3) is 0 Å². The first-order valence-electron chi connectivity index (χ1n) is 6.93. The number of amides is 2. The molecule has 2 amide bonds. The van der Waals surface area contributed by atoms with Crippen molar-refractivity contribution >= 4 is 12.0 Å². The molecule has 0 aromatic heterocycles. The van der Waals surface area contributed by atoms with E-state index in [1.54, 1.807) is 12.0 Å². The quantitative estimate of drug-likeness (QED) is 0.888. The number of benzene rings is 1. The van der Waals surface area contributed by atoms with E-state index in [1.807, 2.05) is 31.2 Å². The Labute approximate surface area is 123 Å². The van der Waals surface area contributed by atoms with Gasteiger partial charge in [-0.25, -0.2) is 4.79 Å². The van der Waals surface area contributed by atoms with Crippen molar-refractivity contribution in [2.45, 2.75) is 19.4 Å². The Balaban J connectivity index is 1.94. The first-order valence-corrected chi connectivity index (χ1v) is 6.93. The molecule has 1 aromatic carbocycles. The smallest absolute Gasteiger partial charge is 0.317 e. The van der Waals surface area contributed by atoms with Crippen molar-refractivity contribution in [3.05, 3.63) is 29.8 Å². The number of nitrogens with one attached hydrogen (secondary N) is 1. The fourth-order valence-electron chi connectivity index (χ4n) is 2.42. The summed E-state index contributed by atoms with van der Waals surface area (Å²) >= 11 is 0. The minimum Gasteiger partial charge on any atom is -0.497 e. The lowest BCUT2D eigenvalue weighted by Gasteiger charge is -2.21. The third-order valence-corrected chi connectivity index (χ3v) is 3.76. The van der Waals surface area contributed by atoms with Crippen LogP contribution in [0.15, 0.2) is 24.3 Å². The van der Waals surface area contributed by atoms with Crippen molar-refractivity contribution in [3.8, 4) is 5.75 Å². The molecule has 114 valence electrons. The third kappa shape index (κ3) is 3.65. The molecule has 2 N–H and O–H groups in total. The van der Waals surface area contributed by atoms with Gasteiger partial charge in [-0.15, -0.1) is 0 Å². The molecule has 1 aromatic rings.